The van der Waals surface area contributed by atoms with E-state index >= 15 is 0 Å². The summed E-state index contributed by atoms with van der Waals surface area (Å²) >= 11 is 0. The summed E-state index contributed by atoms with van der Waals surface area (Å²) in [6.07, 6.45) is 1.51. The van der Waals surface area contributed by atoms with E-state index in [9.17, 15) is 9.65 Å². The molecule has 1 fully saturated rings. The van der Waals surface area contributed by atoms with Gasteiger partial charge in [-0.3, -0.25) is 0 Å². The minimum atomic E-state index is -1.32. The van der Waals surface area contributed by atoms with Crippen molar-refractivity contribution >= 4 is 17.5 Å². The highest BCUT2D eigenvalue weighted by Gasteiger charge is 2.44. The summed E-state index contributed by atoms with van der Waals surface area (Å²) in [5.41, 5.74) is 8.06. The highest BCUT2D eigenvalue weighted by atomic mass is 19.1. The molecule has 7 heteroatoms. The van der Waals surface area contributed by atoms with Crippen LogP contribution in [0.3, 0.4) is 0 Å². The summed E-state index contributed by atoms with van der Waals surface area (Å²) in [5, 5.41) is 12.7. The summed E-state index contributed by atoms with van der Waals surface area (Å²) < 4.78 is 15.0. The van der Waals surface area contributed by atoms with Gasteiger partial charge in [0.25, 0.3) is 0 Å². The zero-order valence-corrected chi connectivity index (χ0v) is 16.8. The Morgan fingerprint density at radius 1 is 1.36 bits per heavy atom. The van der Waals surface area contributed by atoms with E-state index in [0.717, 1.165) is 11.3 Å². The Kier molecular flexibility index (Phi) is 5.52. The molecule has 3 unspecified atom stereocenters. The van der Waals surface area contributed by atoms with Crippen LogP contribution >= 0.6 is 0 Å². The van der Waals surface area contributed by atoms with Gasteiger partial charge in [0.2, 0.25) is 5.95 Å². The monoisotopic (exact) mass is 382 g/mol. The van der Waals surface area contributed by atoms with Gasteiger partial charge < -0.3 is 16.0 Å². The van der Waals surface area contributed by atoms with E-state index in [1.165, 1.54) is 11.8 Å². The molecule has 1 saturated heterocycles. The molecule has 0 aliphatic carbocycles. The lowest BCUT2D eigenvalue weighted by molar-refractivity contribution is 0.0312. The van der Waals surface area contributed by atoms with Gasteiger partial charge in [-0.05, 0) is 50.6 Å². The average molecular weight is 382 g/mol. The van der Waals surface area contributed by atoms with Gasteiger partial charge in [0, 0.05) is 30.6 Å². The fraction of sp³-hybridized carbons (Fsp3) is 0.476. The smallest absolute Gasteiger partial charge is 0.227 e. The van der Waals surface area contributed by atoms with Crippen LogP contribution in [-0.2, 0) is 0 Å². The summed E-state index contributed by atoms with van der Waals surface area (Å²) in [6, 6.07) is 8.11. The second-order valence-electron chi connectivity index (χ2n) is 7.86. The van der Waals surface area contributed by atoms with Gasteiger partial charge >= 0.3 is 0 Å². The van der Waals surface area contributed by atoms with Crippen molar-refractivity contribution in [1.29, 1.82) is 5.26 Å². The summed E-state index contributed by atoms with van der Waals surface area (Å²) in [5.74, 6) is 0.421. The lowest BCUT2D eigenvalue weighted by Gasteiger charge is -2.45. The third-order valence-corrected chi connectivity index (χ3v) is 5.93. The van der Waals surface area contributed by atoms with Crippen LogP contribution in [0, 0.1) is 37.0 Å². The number of aryl methyl sites for hydroxylation is 2. The van der Waals surface area contributed by atoms with Crippen molar-refractivity contribution in [3.8, 4) is 6.07 Å². The first-order valence-electron chi connectivity index (χ1n) is 9.51. The lowest BCUT2D eigenvalue weighted by atomic mass is 9.77. The molecule has 6 nitrogen and oxygen atoms in total. The molecular weight excluding hydrogens is 355 g/mol. The number of aromatic nitrogens is 2. The van der Waals surface area contributed by atoms with Crippen molar-refractivity contribution in [2.45, 2.75) is 33.4 Å². The number of halogens is 1. The largest absolute Gasteiger partial charge is 0.340 e. The summed E-state index contributed by atoms with van der Waals surface area (Å²) in [6.45, 7) is 8.80. The predicted molar refractivity (Wildman–Crippen MR) is 109 cm³/mol. The Labute approximate surface area is 165 Å². The maximum atomic E-state index is 15.0. The van der Waals surface area contributed by atoms with Crippen molar-refractivity contribution < 1.29 is 4.39 Å². The molecule has 1 aromatic carbocycles. The Morgan fingerprint density at radius 3 is 2.75 bits per heavy atom. The number of hydrogen-bond donors (Lipinski definition) is 2. The first kappa shape index (κ1) is 20.0. The normalized spacial score (nSPS) is 24.7. The maximum Gasteiger partial charge on any atom is 0.227 e. The highest BCUT2D eigenvalue weighted by molar-refractivity contribution is 5.64. The van der Waals surface area contributed by atoms with E-state index in [1.54, 1.807) is 6.92 Å². The van der Waals surface area contributed by atoms with Crippen molar-refractivity contribution in [2.75, 3.05) is 29.9 Å². The quantitative estimate of drug-likeness (QED) is 0.841. The molecular formula is C21H27FN6. The number of piperidine rings is 1. The molecule has 0 amide bonds. The minimum Gasteiger partial charge on any atom is -0.340 e. The maximum absolute atomic E-state index is 15.0. The zero-order valence-electron chi connectivity index (χ0n) is 16.8. The number of alkyl halides is 1. The van der Waals surface area contributed by atoms with Gasteiger partial charge in [0.1, 0.15) is 17.3 Å². The standard InChI is InChI=1S/C21H27FN6/c1-13-5-6-18(7-14(13)2)26-19-16(8-23)10-25-20(27-19)28-11-15(3)21(4,22)17(9-24)12-28/h5-7,10,15,17H,9,11-12,24H2,1-4H3,(H,25,26,27). The predicted octanol–water partition coefficient (Wildman–Crippen LogP) is 3.47. The Hall–Kier alpha value is -2.72. The first-order valence-corrected chi connectivity index (χ1v) is 9.51. The van der Waals surface area contributed by atoms with Crippen LogP contribution in [0.4, 0.5) is 21.8 Å². The topological polar surface area (TPSA) is 90.9 Å². The van der Waals surface area contributed by atoms with Gasteiger partial charge in [0.05, 0.1) is 6.20 Å². The summed E-state index contributed by atoms with van der Waals surface area (Å²) in [7, 11) is 0. The van der Waals surface area contributed by atoms with E-state index in [1.807, 2.05) is 43.9 Å². The van der Waals surface area contributed by atoms with Gasteiger partial charge in [-0.15, -0.1) is 0 Å². The number of nitrogens with zero attached hydrogens (tertiary/aromatic N) is 4. The van der Waals surface area contributed by atoms with Crippen molar-refractivity contribution in [2.24, 2.45) is 17.6 Å². The summed E-state index contributed by atoms with van der Waals surface area (Å²) in [4.78, 5) is 10.9. The fourth-order valence-corrected chi connectivity index (χ4v) is 3.56. The number of nitrogens with one attached hydrogen (secondary N) is 1. The second-order valence-corrected chi connectivity index (χ2v) is 7.86. The molecule has 0 radical (unpaired) electrons. The van der Waals surface area contributed by atoms with Crippen LogP contribution in [0.5, 0.6) is 0 Å². The van der Waals surface area contributed by atoms with Gasteiger partial charge in [-0.1, -0.05) is 13.0 Å². The lowest BCUT2D eigenvalue weighted by Crippen LogP contribution is -2.56. The molecule has 1 aliphatic rings. The van der Waals surface area contributed by atoms with Crippen LogP contribution < -0.4 is 16.0 Å². The number of nitriles is 1. The Bertz CT molecular complexity index is 904. The van der Waals surface area contributed by atoms with E-state index < -0.39 is 5.67 Å². The van der Waals surface area contributed by atoms with Gasteiger partial charge in [0.15, 0.2) is 5.82 Å². The van der Waals surface area contributed by atoms with E-state index in [0.29, 0.717) is 30.4 Å². The van der Waals surface area contributed by atoms with E-state index in [-0.39, 0.29) is 18.4 Å². The molecule has 0 saturated carbocycles. The molecule has 3 N–H and O–H groups in total. The third-order valence-electron chi connectivity index (χ3n) is 5.93. The van der Waals surface area contributed by atoms with Crippen LogP contribution in [0.1, 0.15) is 30.5 Å². The molecule has 3 atom stereocenters. The molecule has 28 heavy (non-hydrogen) atoms. The SMILES string of the molecule is Cc1ccc(Nc2nc(N3CC(C)C(C)(F)C(CN)C3)ncc2C#N)cc1C. The van der Waals surface area contributed by atoms with Crippen molar-refractivity contribution in [3.63, 3.8) is 0 Å². The molecule has 148 valence electrons. The van der Waals surface area contributed by atoms with Crippen LogP contribution in [0.2, 0.25) is 0 Å². The number of anilines is 3. The molecule has 3 rings (SSSR count). The fourth-order valence-electron chi connectivity index (χ4n) is 3.56. The molecule has 0 bridgehead atoms. The zero-order chi connectivity index (χ0) is 20.5. The molecule has 2 aromatic rings. The van der Waals surface area contributed by atoms with Crippen molar-refractivity contribution in [1.82, 2.24) is 9.97 Å². The second kappa shape index (κ2) is 7.72. The number of benzene rings is 1. The average Bonchev–Trinajstić information content (AvgIpc) is 2.66. The van der Waals surface area contributed by atoms with Crippen LogP contribution in [0.15, 0.2) is 24.4 Å². The number of hydrogen-bond acceptors (Lipinski definition) is 6. The van der Waals surface area contributed by atoms with Crippen molar-refractivity contribution in [3.05, 3.63) is 41.1 Å². The van der Waals surface area contributed by atoms with Crippen LogP contribution in [-0.4, -0.2) is 35.3 Å². The van der Waals surface area contributed by atoms with E-state index in [2.05, 4.69) is 21.4 Å². The molecule has 1 aromatic heterocycles. The first-order chi connectivity index (χ1) is 13.3. The minimum absolute atomic E-state index is 0.204. The van der Waals surface area contributed by atoms with Gasteiger partial charge in [-0.2, -0.15) is 10.2 Å². The number of nitrogens with two attached hydrogens (primary N) is 1. The number of rotatable bonds is 4. The Morgan fingerprint density at radius 2 is 2.11 bits per heavy atom. The Balaban J connectivity index is 1.90. The van der Waals surface area contributed by atoms with Crippen LogP contribution in [0.25, 0.3) is 0 Å². The highest BCUT2D eigenvalue weighted by Crippen LogP contribution is 2.37. The van der Waals surface area contributed by atoms with Gasteiger partial charge in [-0.25, -0.2) is 9.37 Å². The van der Waals surface area contributed by atoms with E-state index in [4.69, 9.17) is 5.73 Å². The third kappa shape index (κ3) is 3.78. The molecule has 2 heterocycles. The molecule has 0 spiro atoms. The molecule has 1 aliphatic heterocycles.